The van der Waals surface area contributed by atoms with E-state index in [1.54, 1.807) is 0 Å². The summed E-state index contributed by atoms with van der Waals surface area (Å²) in [4.78, 5) is 12.9. The quantitative estimate of drug-likeness (QED) is 0.0220. The topological polar surface area (TPSA) is 214 Å². The zero-order chi connectivity index (χ0) is 43.8. The number of aliphatic hydroxyl groups is 7. The highest BCUT2D eigenvalue weighted by Gasteiger charge is 2.47. The van der Waals surface area contributed by atoms with E-state index in [1.165, 1.54) is 103 Å². The van der Waals surface area contributed by atoms with Crippen molar-refractivity contribution in [1.82, 2.24) is 0 Å². The van der Waals surface area contributed by atoms with Crippen LogP contribution in [0.2, 0.25) is 0 Å². The van der Waals surface area contributed by atoms with E-state index in [1.807, 2.05) is 0 Å². The van der Waals surface area contributed by atoms with Crippen molar-refractivity contribution in [3.63, 3.8) is 0 Å². The van der Waals surface area contributed by atoms with Crippen LogP contribution in [0.15, 0.2) is 12.2 Å². The predicted molar refractivity (Wildman–Crippen MR) is 229 cm³/mol. The van der Waals surface area contributed by atoms with Gasteiger partial charge in [0.05, 0.1) is 26.4 Å². The fourth-order valence-corrected chi connectivity index (χ4v) is 7.57. The largest absolute Gasteiger partial charge is 0.457 e. The normalized spacial score (nSPS) is 27.8. The molecule has 0 aromatic carbocycles. The lowest BCUT2D eigenvalue weighted by molar-refractivity contribution is -0.332. The van der Waals surface area contributed by atoms with Crippen molar-refractivity contribution in [2.24, 2.45) is 0 Å². The summed E-state index contributed by atoms with van der Waals surface area (Å²) < 4.78 is 34.2. The Bertz CT molecular complexity index is 1050. The molecule has 0 aromatic rings. The minimum atomic E-state index is -1.70. The Morgan fingerprint density at radius 1 is 0.533 bits per heavy atom. The number of carbonyl (C=O) groups is 1. The first kappa shape index (κ1) is 54.9. The highest BCUT2D eigenvalue weighted by molar-refractivity contribution is 5.69. The Kier molecular flexibility index (Phi) is 32.1. The molecule has 2 saturated heterocycles. The standard InChI is InChI=1S/C46H86O14/c1-3-5-7-9-11-13-15-17-18-20-22-24-26-28-30-55-32-35(58-38(48)29-27-25-23-21-19-16-14-12-10-8-6-4-2)33-56-45-44(54)42(52)40(50)37(60-45)34-57-46-43(53)41(51)39(49)36(31-47)59-46/h13,15,35-37,39-47,49-54H,3-12,14,16-34H2,1-2H3/b15-13-. The summed E-state index contributed by atoms with van der Waals surface area (Å²) in [5, 5.41) is 71.9. The first-order chi connectivity index (χ1) is 29.1. The van der Waals surface area contributed by atoms with Crippen LogP contribution in [0.4, 0.5) is 0 Å². The van der Waals surface area contributed by atoms with Crippen molar-refractivity contribution in [3.8, 4) is 0 Å². The molecule has 2 heterocycles. The lowest BCUT2D eigenvalue weighted by atomic mass is 9.98. The molecule has 60 heavy (non-hydrogen) atoms. The summed E-state index contributed by atoms with van der Waals surface area (Å²) in [6.45, 7) is 3.66. The zero-order valence-electron chi connectivity index (χ0n) is 37.2. The minimum Gasteiger partial charge on any atom is -0.457 e. The molecule has 0 spiro atoms. The Labute approximate surface area is 361 Å². The summed E-state index contributed by atoms with van der Waals surface area (Å²) in [6.07, 6.45) is 17.0. The average Bonchev–Trinajstić information content (AvgIpc) is 3.24. The third-order valence-corrected chi connectivity index (χ3v) is 11.5. The van der Waals surface area contributed by atoms with Gasteiger partial charge in [-0.1, -0.05) is 142 Å². The van der Waals surface area contributed by atoms with Crippen LogP contribution >= 0.6 is 0 Å². The molecule has 0 aromatic heterocycles. The van der Waals surface area contributed by atoms with E-state index in [-0.39, 0.29) is 25.6 Å². The molecule has 354 valence electrons. The summed E-state index contributed by atoms with van der Waals surface area (Å²) in [6, 6.07) is 0. The molecular weight excluding hydrogens is 776 g/mol. The number of rotatable bonds is 37. The van der Waals surface area contributed by atoms with E-state index in [9.17, 15) is 40.5 Å². The van der Waals surface area contributed by atoms with Crippen LogP contribution in [0.3, 0.4) is 0 Å². The number of hydrogen-bond donors (Lipinski definition) is 7. The molecule has 2 aliphatic heterocycles. The maximum absolute atomic E-state index is 12.9. The Hall–Kier alpha value is -1.27. The van der Waals surface area contributed by atoms with Gasteiger partial charge in [-0.3, -0.25) is 4.79 Å². The van der Waals surface area contributed by atoms with E-state index in [0.29, 0.717) is 13.0 Å². The van der Waals surface area contributed by atoms with Crippen LogP contribution in [0.5, 0.6) is 0 Å². The maximum atomic E-state index is 12.9. The van der Waals surface area contributed by atoms with E-state index in [2.05, 4.69) is 26.0 Å². The number of hydrogen-bond acceptors (Lipinski definition) is 14. The van der Waals surface area contributed by atoms with Gasteiger partial charge in [-0.2, -0.15) is 0 Å². The van der Waals surface area contributed by atoms with Gasteiger partial charge in [0.15, 0.2) is 12.6 Å². The molecule has 0 bridgehead atoms. The van der Waals surface area contributed by atoms with Crippen molar-refractivity contribution < 1.29 is 69.0 Å². The summed E-state index contributed by atoms with van der Waals surface area (Å²) in [5.74, 6) is -0.378. The molecule has 14 heteroatoms. The van der Waals surface area contributed by atoms with Crippen LogP contribution in [0.25, 0.3) is 0 Å². The number of aliphatic hydroxyl groups excluding tert-OH is 7. The van der Waals surface area contributed by atoms with Gasteiger partial charge in [-0.15, -0.1) is 0 Å². The van der Waals surface area contributed by atoms with Crippen molar-refractivity contribution in [3.05, 3.63) is 12.2 Å². The molecular formula is C46H86O14. The number of esters is 1. The smallest absolute Gasteiger partial charge is 0.306 e. The van der Waals surface area contributed by atoms with Crippen LogP contribution in [-0.4, -0.2) is 142 Å². The molecule has 0 radical (unpaired) electrons. The molecule has 0 amide bonds. The Morgan fingerprint density at radius 2 is 0.983 bits per heavy atom. The average molecular weight is 863 g/mol. The second kappa shape index (κ2) is 35.1. The second-order valence-corrected chi connectivity index (χ2v) is 16.9. The minimum absolute atomic E-state index is 0.0621. The number of unbranched alkanes of at least 4 members (excludes halogenated alkanes) is 21. The van der Waals surface area contributed by atoms with E-state index in [4.69, 9.17) is 28.4 Å². The van der Waals surface area contributed by atoms with Gasteiger partial charge in [0.2, 0.25) is 0 Å². The Morgan fingerprint density at radius 3 is 1.53 bits per heavy atom. The lowest BCUT2D eigenvalue weighted by Gasteiger charge is -2.42. The molecule has 14 nitrogen and oxygen atoms in total. The van der Waals surface area contributed by atoms with Gasteiger partial charge >= 0.3 is 5.97 Å². The second-order valence-electron chi connectivity index (χ2n) is 16.9. The molecule has 2 rings (SSSR count). The molecule has 2 aliphatic rings. The zero-order valence-corrected chi connectivity index (χ0v) is 37.2. The van der Waals surface area contributed by atoms with Gasteiger partial charge in [0.1, 0.15) is 54.9 Å². The fourth-order valence-electron chi connectivity index (χ4n) is 7.57. The first-order valence-corrected chi connectivity index (χ1v) is 23.8. The van der Waals surface area contributed by atoms with Gasteiger partial charge in [-0.25, -0.2) is 0 Å². The van der Waals surface area contributed by atoms with Crippen molar-refractivity contribution in [2.75, 3.05) is 33.0 Å². The SMILES string of the molecule is CCCCCC/C=C\CCCCCCCCOCC(COC1OC(COC2OC(CO)C(O)C(O)C2O)C(O)C(O)C1O)OC(=O)CCCCCCCCCCCCCC. The summed E-state index contributed by atoms with van der Waals surface area (Å²) >= 11 is 0. The molecule has 2 fully saturated rings. The van der Waals surface area contributed by atoms with E-state index in [0.717, 1.165) is 44.9 Å². The van der Waals surface area contributed by atoms with Crippen molar-refractivity contribution in [1.29, 1.82) is 0 Å². The van der Waals surface area contributed by atoms with Crippen LogP contribution in [0.1, 0.15) is 174 Å². The van der Waals surface area contributed by atoms with Gasteiger partial charge < -0.3 is 64.2 Å². The monoisotopic (exact) mass is 863 g/mol. The van der Waals surface area contributed by atoms with E-state index >= 15 is 0 Å². The van der Waals surface area contributed by atoms with Gasteiger partial charge in [0.25, 0.3) is 0 Å². The number of allylic oxidation sites excluding steroid dienone is 2. The van der Waals surface area contributed by atoms with E-state index < -0.39 is 80.7 Å². The highest BCUT2D eigenvalue weighted by atomic mass is 16.7. The molecule has 7 N–H and O–H groups in total. The van der Waals surface area contributed by atoms with Crippen LogP contribution in [-0.2, 0) is 33.2 Å². The van der Waals surface area contributed by atoms with Crippen LogP contribution < -0.4 is 0 Å². The van der Waals surface area contributed by atoms with Crippen molar-refractivity contribution in [2.45, 2.75) is 242 Å². The number of ether oxygens (including phenoxy) is 6. The summed E-state index contributed by atoms with van der Waals surface area (Å²) in [5.41, 5.74) is 0. The van der Waals surface area contributed by atoms with Crippen LogP contribution in [0, 0.1) is 0 Å². The highest BCUT2D eigenvalue weighted by Crippen LogP contribution is 2.26. The summed E-state index contributed by atoms with van der Waals surface area (Å²) in [7, 11) is 0. The van der Waals surface area contributed by atoms with Gasteiger partial charge in [0, 0.05) is 13.0 Å². The third-order valence-electron chi connectivity index (χ3n) is 11.5. The predicted octanol–water partition coefficient (Wildman–Crippen LogP) is 5.90. The molecule has 11 atom stereocenters. The fraction of sp³-hybridized carbons (Fsp3) is 0.935. The van der Waals surface area contributed by atoms with Crippen molar-refractivity contribution >= 4 is 5.97 Å². The Balaban J connectivity index is 1.80. The molecule has 11 unspecified atom stereocenters. The van der Waals surface area contributed by atoms with Gasteiger partial charge in [-0.05, 0) is 38.5 Å². The first-order valence-electron chi connectivity index (χ1n) is 23.8. The molecule has 0 aliphatic carbocycles. The molecule has 0 saturated carbocycles. The lowest BCUT2D eigenvalue weighted by Crippen LogP contribution is -2.61. The third kappa shape index (κ3) is 23.4. The maximum Gasteiger partial charge on any atom is 0.306 e. The number of carbonyl (C=O) groups excluding carboxylic acids is 1.